The molecule has 1 amide bonds. The maximum absolute atomic E-state index is 12.4. The number of nitrogens with two attached hydrogens (primary N) is 1. The van der Waals surface area contributed by atoms with E-state index in [0.717, 1.165) is 10.1 Å². The molecule has 1 heterocycles. The van der Waals surface area contributed by atoms with E-state index in [1.54, 1.807) is 18.2 Å². The van der Waals surface area contributed by atoms with Crippen LogP contribution in [-0.2, 0) is 0 Å². The summed E-state index contributed by atoms with van der Waals surface area (Å²) in [5.41, 5.74) is 6.91. The third-order valence-corrected chi connectivity index (χ3v) is 4.86. The molecule has 0 atom stereocenters. The SMILES string of the molecule is Nc1c(C(=O)Nc2c(Cl)cccc2Cl)sc2ccccc12. The van der Waals surface area contributed by atoms with Crippen LogP contribution in [0, 0.1) is 0 Å². The zero-order chi connectivity index (χ0) is 15.0. The van der Waals surface area contributed by atoms with Gasteiger partial charge in [0.2, 0.25) is 0 Å². The van der Waals surface area contributed by atoms with Gasteiger partial charge in [-0.25, -0.2) is 0 Å². The Bertz CT molecular complexity index is 825. The predicted octanol–water partition coefficient (Wildman–Crippen LogP) is 5.04. The number of halogens is 2. The molecule has 0 saturated heterocycles. The third-order valence-electron chi connectivity index (χ3n) is 3.04. The first-order valence-electron chi connectivity index (χ1n) is 6.10. The normalized spacial score (nSPS) is 10.8. The Labute approximate surface area is 135 Å². The number of rotatable bonds is 2. The number of anilines is 2. The Morgan fingerprint density at radius 1 is 1.05 bits per heavy atom. The van der Waals surface area contributed by atoms with E-state index >= 15 is 0 Å². The number of fused-ring (bicyclic) bond motifs is 1. The van der Waals surface area contributed by atoms with Crippen molar-refractivity contribution >= 4 is 61.9 Å². The minimum Gasteiger partial charge on any atom is -0.397 e. The molecule has 0 radical (unpaired) electrons. The summed E-state index contributed by atoms with van der Waals surface area (Å²) in [5.74, 6) is -0.316. The highest BCUT2D eigenvalue weighted by atomic mass is 35.5. The molecule has 0 spiro atoms. The first kappa shape index (κ1) is 14.2. The molecule has 0 aliphatic heterocycles. The molecule has 0 unspecified atom stereocenters. The second-order valence-corrected chi connectivity index (χ2v) is 6.26. The first-order chi connectivity index (χ1) is 10.1. The van der Waals surface area contributed by atoms with Crippen molar-refractivity contribution in [2.45, 2.75) is 0 Å². The summed E-state index contributed by atoms with van der Waals surface area (Å²) in [6, 6.07) is 12.7. The smallest absolute Gasteiger partial charge is 0.267 e. The molecule has 106 valence electrons. The Morgan fingerprint density at radius 2 is 1.71 bits per heavy atom. The van der Waals surface area contributed by atoms with Crippen molar-refractivity contribution in [3.05, 3.63) is 57.4 Å². The first-order valence-corrected chi connectivity index (χ1v) is 7.67. The van der Waals surface area contributed by atoms with E-state index in [1.807, 2.05) is 24.3 Å². The maximum Gasteiger partial charge on any atom is 0.267 e. The number of carbonyl (C=O) groups excluding carboxylic acids is 1. The molecule has 0 aliphatic rings. The quantitative estimate of drug-likeness (QED) is 0.688. The van der Waals surface area contributed by atoms with Crippen LogP contribution in [0.15, 0.2) is 42.5 Å². The van der Waals surface area contributed by atoms with Gasteiger partial charge in [-0.1, -0.05) is 47.5 Å². The third kappa shape index (κ3) is 2.58. The van der Waals surface area contributed by atoms with Crippen LogP contribution >= 0.6 is 34.5 Å². The van der Waals surface area contributed by atoms with Gasteiger partial charge in [-0.2, -0.15) is 0 Å². The minimum absolute atomic E-state index is 0.316. The lowest BCUT2D eigenvalue weighted by atomic mass is 10.2. The lowest BCUT2D eigenvalue weighted by Crippen LogP contribution is -2.12. The van der Waals surface area contributed by atoms with E-state index in [0.29, 0.717) is 26.3 Å². The number of para-hydroxylation sites is 1. The Kier molecular flexibility index (Phi) is 3.76. The summed E-state index contributed by atoms with van der Waals surface area (Å²) in [6.07, 6.45) is 0. The van der Waals surface area contributed by atoms with Crippen LogP contribution in [0.3, 0.4) is 0 Å². The molecule has 6 heteroatoms. The van der Waals surface area contributed by atoms with Crippen molar-refractivity contribution in [1.82, 2.24) is 0 Å². The maximum atomic E-state index is 12.4. The highest BCUT2D eigenvalue weighted by Crippen LogP contribution is 2.35. The number of nitrogen functional groups attached to an aromatic ring is 1. The fourth-order valence-electron chi connectivity index (χ4n) is 2.02. The highest BCUT2D eigenvalue weighted by molar-refractivity contribution is 7.21. The summed E-state index contributed by atoms with van der Waals surface area (Å²) >= 11 is 13.4. The summed E-state index contributed by atoms with van der Waals surface area (Å²) in [6.45, 7) is 0. The summed E-state index contributed by atoms with van der Waals surface area (Å²) in [5, 5.41) is 4.37. The van der Waals surface area contributed by atoms with Crippen LogP contribution in [0.5, 0.6) is 0 Å². The van der Waals surface area contributed by atoms with Crippen molar-refractivity contribution < 1.29 is 4.79 Å². The second kappa shape index (κ2) is 5.56. The molecule has 21 heavy (non-hydrogen) atoms. The van der Waals surface area contributed by atoms with Gasteiger partial charge in [-0.05, 0) is 18.2 Å². The van der Waals surface area contributed by atoms with Crippen LogP contribution in [0.2, 0.25) is 10.0 Å². The van der Waals surface area contributed by atoms with Crippen molar-refractivity contribution in [3.8, 4) is 0 Å². The lowest BCUT2D eigenvalue weighted by Gasteiger charge is -2.08. The number of thiophene rings is 1. The largest absolute Gasteiger partial charge is 0.397 e. The summed E-state index contributed by atoms with van der Waals surface area (Å²) in [7, 11) is 0. The zero-order valence-electron chi connectivity index (χ0n) is 10.7. The van der Waals surface area contributed by atoms with Gasteiger partial charge in [0.1, 0.15) is 4.88 Å². The van der Waals surface area contributed by atoms with Crippen molar-refractivity contribution in [2.24, 2.45) is 0 Å². The molecular formula is C15H10Cl2N2OS. The molecule has 3 aromatic rings. The molecule has 0 fully saturated rings. The molecule has 3 N–H and O–H groups in total. The molecule has 0 saturated carbocycles. The van der Waals surface area contributed by atoms with Crippen LogP contribution in [0.1, 0.15) is 9.67 Å². The molecular weight excluding hydrogens is 327 g/mol. The van der Waals surface area contributed by atoms with E-state index in [1.165, 1.54) is 11.3 Å². The molecule has 0 aliphatic carbocycles. The number of amides is 1. The zero-order valence-corrected chi connectivity index (χ0v) is 13.0. The lowest BCUT2D eigenvalue weighted by molar-refractivity contribution is 0.103. The van der Waals surface area contributed by atoms with Gasteiger partial charge in [0.05, 0.1) is 21.4 Å². The average molecular weight is 337 g/mol. The van der Waals surface area contributed by atoms with Gasteiger partial charge in [0.25, 0.3) is 5.91 Å². The number of nitrogens with one attached hydrogen (secondary N) is 1. The van der Waals surface area contributed by atoms with E-state index in [4.69, 9.17) is 28.9 Å². The number of hydrogen-bond donors (Lipinski definition) is 2. The standard InChI is InChI=1S/C15H10Cl2N2OS/c16-9-5-3-6-10(17)13(9)19-15(20)14-12(18)8-4-1-2-7-11(8)21-14/h1-7H,18H2,(H,19,20). The molecule has 0 bridgehead atoms. The minimum atomic E-state index is -0.316. The number of hydrogen-bond acceptors (Lipinski definition) is 3. The van der Waals surface area contributed by atoms with E-state index in [9.17, 15) is 4.79 Å². The highest BCUT2D eigenvalue weighted by Gasteiger charge is 2.18. The summed E-state index contributed by atoms with van der Waals surface area (Å²) < 4.78 is 0.963. The Hall–Kier alpha value is -1.75. The van der Waals surface area contributed by atoms with Gasteiger partial charge >= 0.3 is 0 Å². The van der Waals surface area contributed by atoms with Crippen molar-refractivity contribution in [2.75, 3.05) is 11.1 Å². The molecule has 1 aromatic heterocycles. The van der Waals surface area contributed by atoms with E-state index in [2.05, 4.69) is 5.32 Å². The number of benzene rings is 2. The number of carbonyl (C=O) groups is 1. The predicted molar refractivity (Wildman–Crippen MR) is 90.7 cm³/mol. The Balaban J connectivity index is 2.00. The molecule has 2 aromatic carbocycles. The van der Waals surface area contributed by atoms with Gasteiger partial charge in [0, 0.05) is 10.1 Å². The average Bonchev–Trinajstić information content (AvgIpc) is 2.81. The summed E-state index contributed by atoms with van der Waals surface area (Å²) in [4.78, 5) is 12.9. The van der Waals surface area contributed by atoms with Gasteiger partial charge in [-0.3, -0.25) is 4.79 Å². The Morgan fingerprint density at radius 3 is 2.38 bits per heavy atom. The van der Waals surface area contributed by atoms with Crippen LogP contribution in [0.4, 0.5) is 11.4 Å². The van der Waals surface area contributed by atoms with Crippen molar-refractivity contribution in [1.29, 1.82) is 0 Å². The molecule has 3 rings (SSSR count). The van der Waals surface area contributed by atoms with E-state index in [-0.39, 0.29) is 5.91 Å². The fraction of sp³-hybridized carbons (Fsp3) is 0. The fourth-order valence-corrected chi connectivity index (χ4v) is 3.53. The van der Waals surface area contributed by atoms with Crippen LogP contribution in [0.25, 0.3) is 10.1 Å². The van der Waals surface area contributed by atoms with Crippen LogP contribution in [-0.4, -0.2) is 5.91 Å². The van der Waals surface area contributed by atoms with Gasteiger partial charge < -0.3 is 11.1 Å². The van der Waals surface area contributed by atoms with Crippen molar-refractivity contribution in [3.63, 3.8) is 0 Å². The monoisotopic (exact) mass is 336 g/mol. The van der Waals surface area contributed by atoms with Gasteiger partial charge in [-0.15, -0.1) is 11.3 Å². The van der Waals surface area contributed by atoms with Gasteiger partial charge in [0.15, 0.2) is 0 Å². The topological polar surface area (TPSA) is 55.1 Å². The van der Waals surface area contributed by atoms with Crippen LogP contribution < -0.4 is 11.1 Å². The van der Waals surface area contributed by atoms with E-state index < -0.39 is 0 Å². The second-order valence-electron chi connectivity index (χ2n) is 4.39. The molecule has 3 nitrogen and oxygen atoms in total.